The number of aromatic nitrogens is 2. The number of nitriles is 1. The van der Waals surface area contributed by atoms with Gasteiger partial charge in [0, 0.05) is 41.8 Å². The third kappa shape index (κ3) is 6.04. The first-order valence-electron chi connectivity index (χ1n) is 12.4. The van der Waals surface area contributed by atoms with Crippen LogP contribution in [0.3, 0.4) is 0 Å². The van der Waals surface area contributed by atoms with Crippen molar-refractivity contribution in [3.63, 3.8) is 0 Å². The van der Waals surface area contributed by atoms with Crippen molar-refractivity contribution >= 4 is 33.9 Å². The van der Waals surface area contributed by atoms with E-state index >= 15 is 0 Å². The van der Waals surface area contributed by atoms with E-state index < -0.39 is 12.0 Å². The number of hydrazine groups is 2. The smallest absolute Gasteiger partial charge is 0.212 e. The van der Waals surface area contributed by atoms with Crippen molar-refractivity contribution in [2.24, 2.45) is 5.41 Å². The minimum absolute atomic E-state index is 0.0412. The molecular formula is C27H32ClFN8. The molecule has 0 radical (unpaired) electrons. The van der Waals surface area contributed by atoms with E-state index in [2.05, 4.69) is 58.4 Å². The molecule has 1 aliphatic heterocycles. The van der Waals surface area contributed by atoms with Crippen LogP contribution in [0.1, 0.15) is 60.1 Å². The van der Waals surface area contributed by atoms with Gasteiger partial charge < -0.3 is 16.1 Å². The van der Waals surface area contributed by atoms with E-state index in [4.69, 9.17) is 11.6 Å². The number of fused-ring (bicyclic) bond motifs is 1. The second-order valence-corrected chi connectivity index (χ2v) is 11.5. The lowest BCUT2D eigenvalue weighted by Gasteiger charge is -2.30. The fraction of sp³-hybridized carbons (Fsp3) is 0.370. The first-order valence-corrected chi connectivity index (χ1v) is 12.3. The predicted molar refractivity (Wildman–Crippen MR) is 146 cm³/mol. The molecule has 0 saturated heterocycles. The molecule has 1 atom stereocenters. The number of rotatable bonds is 6. The van der Waals surface area contributed by atoms with Crippen molar-refractivity contribution in [1.82, 2.24) is 25.9 Å². The Morgan fingerprint density at radius 2 is 1.95 bits per heavy atom. The van der Waals surface area contributed by atoms with E-state index in [1.54, 1.807) is 12.3 Å². The Labute approximate surface area is 223 Å². The van der Waals surface area contributed by atoms with Gasteiger partial charge in [0.2, 0.25) is 5.95 Å². The first-order chi connectivity index (χ1) is 17.7. The summed E-state index contributed by atoms with van der Waals surface area (Å²) >= 11 is 6.67. The molecule has 0 fully saturated rings. The first kappa shape index (κ1) is 25.1. The lowest BCUT2D eigenvalue weighted by atomic mass is 9.96. The molecule has 8 nitrogen and oxygen atoms in total. The Hall–Kier alpha value is -3.61. The van der Waals surface area contributed by atoms with E-state index in [0.29, 0.717) is 50.7 Å². The lowest BCUT2D eigenvalue weighted by Crippen LogP contribution is -2.47. The Morgan fingerprint density at radius 1 is 1.19 bits per heavy atom. The van der Waals surface area contributed by atoms with Gasteiger partial charge in [-0.25, -0.2) is 4.98 Å². The Morgan fingerprint density at radius 3 is 2.54 bits per heavy atom. The molecule has 1 unspecified atom stereocenters. The molecule has 194 valence electrons. The second kappa shape index (κ2) is 10.0. The maximum absolute atomic E-state index is 13.7. The molecule has 0 saturated carbocycles. The van der Waals surface area contributed by atoms with Crippen molar-refractivity contribution in [1.29, 1.82) is 5.26 Å². The highest BCUT2D eigenvalue weighted by atomic mass is 35.5. The number of pyridine rings is 2. The van der Waals surface area contributed by atoms with E-state index in [9.17, 15) is 11.0 Å². The van der Waals surface area contributed by atoms with Gasteiger partial charge >= 0.3 is 0 Å². The van der Waals surface area contributed by atoms with Crippen LogP contribution in [0.4, 0.5) is 15.8 Å². The lowest BCUT2D eigenvalue weighted by molar-refractivity contribution is 0.138. The third-order valence-corrected chi connectivity index (χ3v) is 5.98. The number of nitrogens with one attached hydrogen (secondary N) is 4. The average molecular weight is 524 g/mol. The molecule has 2 aromatic heterocycles. The Kier molecular flexibility index (Phi) is 6.80. The van der Waals surface area contributed by atoms with Gasteiger partial charge in [-0.15, -0.1) is 5.53 Å². The van der Waals surface area contributed by atoms with E-state index in [1.165, 1.54) is 24.5 Å². The molecule has 3 aromatic rings. The zero-order valence-electron chi connectivity index (χ0n) is 22.8. The summed E-state index contributed by atoms with van der Waals surface area (Å²) < 4.78 is 23.2. The maximum atomic E-state index is 13.7. The van der Waals surface area contributed by atoms with Crippen molar-refractivity contribution in [3.05, 3.63) is 70.7 Å². The largest absolute Gasteiger partial charge is 0.383 e. The highest BCUT2D eigenvalue weighted by molar-refractivity contribution is 6.35. The molecule has 4 rings (SSSR count). The summed E-state index contributed by atoms with van der Waals surface area (Å²) in [5.41, 5.74) is 8.74. The quantitative estimate of drug-likeness (QED) is 0.298. The summed E-state index contributed by atoms with van der Waals surface area (Å²) in [6.07, 6.45) is 4.62. The fourth-order valence-electron chi connectivity index (χ4n) is 3.73. The molecule has 1 aliphatic rings. The van der Waals surface area contributed by atoms with Crippen molar-refractivity contribution in [2.75, 3.05) is 17.2 Å². The monoisotopic (exact) mass is 523 g/mol. The molecule has 0 aliphatic carbocycles. The molecule has 0 spiro atoms. The second-order valence-electron chi connectivity index (χ2n) is 11.1. The molecule has 37 heavy (non-hydrogen) atoms. The molecule has 3 heterocycles. The van der Waals surface area contributed by atoms with Crippen LogP contribution in [-0.4, -0.2) is 27.1 Å². The summed E-state index contributed by atoms with van der Waals surface area (Å²) in [5, 5.41) is 19.3. The van der Waals surface area contributed by atoms with Crippen LogP contribution in [0.5, 0.6) is 0 Å². The number of hydrogen-bond donors (Lipinski definition) is 4. The number of hydrogen-bond acceptors (Lipinski definition) is 8. The summed E-state index contributed by atoms with van der Waals surface area (Å²) in [4.78, 5) is 8.20. The van der Waals surface area contributed by atoms with Crippen LogP contribution in [0.25, 0.3) is 10.9 Å². The van der Waals surface area contributed by atoms with Crippen LogP contribution in [-0.2, 0) is 0 Å². The maximum Gasteiger partial charge on any atom is 0.212 e. The van der Waals surface area contributed by atoms with Crippen LogP contribution in [0.15, 0.2) is 48.6 Å². The van der Waals surface area contributed by atoms with Crippen LogP contribution < -0.4 is 21.6 Å². The summed E-state index contributed by atoms with van der Waals surface area (Å²) in [6, 6.07) is 6.82. The topological polar surface area (TPSA) is 101 Å². The van der Waals surface area contributed by atoms with Crippen LogP contribution in [0, 0.1) is 22.7 Å². The third-order valence-electron chi connectivity index (χ3n) is 5.69. The predicted octanol–water partition coefficient (Wildman–Crippen LogP) is 5.87. The van der Waals surface area contributed by atoms with Crippen molar-refractivity contribution < 1.29 is 5.76 Å². The van der Waals surface area contributed by atoms with Gasteiger partial charge in [-0.05, 0) is 49.9 Å². The number of nitrogens with zero attached hydrogens (tertiary/aromatic N) is 4. The molecule has 0 bridgehead atoms. The minimum Gasteiger partial charge on any atom is -0.383 e. The molecular weight excluding hydrogens is 491 g/mol. The minimum atomic E-state index is -1.61. The standard InChI is InChI=1S/C27H32ClFN8/c1-26(2,3)15-33-23-17(11-30)13-32-25-19(23)9-18(10-20(25)28)34-24(16-7-8-22(29)31-12-16)21-14-37(36-35-21)27(4,5)6/h7-10,12-14,24,34-36H,15H2,1-6H3,(H,32,33)/i24D. The number of halogens is 2. The Bertz CT molecular complexity index is 1420. The van der Waals surface area contributed by atoms with E-state index in [1.807, 2.05) is 31.8 Å². The fourth-order valence-corrected chi connectivity index (χ4v) is 3.99. The zero-order chi connectivity index (χ0) is 27.9. The summed E-state index contributed by atoms with van der Waals surface area (Å²) in [6.45, 7) is 13.0. The van der Waals surface area contributed by atoms with Crippen molar-refractivity contribution in [2.45, 2.75) is 53.1 Å². The summed E-state index contributed by atoms with van der Waals surface area (Å²) in [5.74, 6) is -0.641. The molecule has 1 aromatic carbocycles. The van der Waals surface area contributed by atoms with Gasteiger partial charge in [0.05, 0.1) is 34.9 Å². The van der Waals surface area contributed by atoms with Crippen LogP contribution in [0.2, 0.25) is 5.02 Å². The SMILES string of the molecule is [2H]C(Nc1cc(Cl)c2ncc(C#N)c(NCC(C)(C)C)c2c1)(C1=CN(C(C)(C)C)NN1)c1ccc(F)nc1. The van der Waals surface area contributed by atoms with Gasteiger partial charge in [-0.3, -0.25) is 9.99 Å². The van der Waals surface area contributed by atoms with Gasteiger partial charge in [0.1, 0.15) is 6.07 Å². The molecule has 0 amide bonds. The van der Waals surface area contributed by atoms with Gasteiger partial charge in [0.15, 0.2) is 0 Å². The van der Waals surface area contributed by atoms with E-state index in [0.717, 1.165) is 0 Å². The average Bonchev–Trinajstić information content (AvgIpc) is 3.34. The van der Waals surface area contributed by atoms with Gasteiger partial charge in [-0.2, -0.15) is 9.65 Å². The van der Waals surface area contributed by atoms with Crippen LogP contribution >= 0.6 is 11.6 Å². The van der Waals surface area contributed by atoms with E-state index in [-0.39, 0.29) is 11.0 Å². The highest BCUT2D eigenvalue weighted by Gasteiger charge is 2.28. The highest BCUT2D eigenvalue weighted by Crippen LogP contribution is 2.36. The van der Waals surface area contributed by atoms with Gasteiger partial charge in [0.25, 0.3) is 0 Å². The van der Waals surface area contributed by atoms with Gasteiger partial charge in [-0.1, -0.05) is 38.4 Å². The number of benzene rings is 1. The Balaban J connectivity index is 1.84. The normalized spacial score (nSPS) is 15.9. The number of anilines is 2. The molecule has 4 N–H and O–H groups in total. The molecule has 10 heteroatoms. The summed E-state index contributed by atoms with van der Waals surface area (Å²) in [7, 11) is 0. The van der Waals surface area contributed by atoms with Crippen molar-refractivity contribution in [3.8, 4) is 6.07 Å². The zero-order valence-corrected chi connectivity index (χ0v) is 22.5.